The standard InChI is InChI=1S/C22H35IO5/c1-14-10-8-6-7-9-11-17(15(2)13-23)28-19(25)12-18(24)22(4,5)21(27)16(3)20(14)26/h7,9,13-14,16-18,20,24,26H,6,8,10-12H2,1-5H3/b9-7-,15-13+/t14-,16+,17-,18-,20-/m0/s1. The van der Waals surface area contributed by atoms with Crippen molar-refractivity contribution in [2.75, 3.05) is 0 Å². The zero-order chi connectivity index (χ0) is 21.5. The molecule has 0 amide bonds. The topological polar surface area (TPSA) is 83.8 Å². The third-order valence-corrected chi connectivity index (χ3v) is 6.82. The van der Waals surface area contributed by atoms with Gasteiger partial charge < -0.3 is 14.9 Å². The SMILES string of the molecule is C/C(=C\I)[C@@H]1C/C=C\CCC[C@H](C)[C@H](O)[C@@H](C)C(=O)C(C)(C)[C@@H](O)CC(=O)O1. The van der Waals surface area contributed by atoms with Crippen molar-refractivity contribution in [1.29, 1.82) is 0 Å². The van der Waals surface area contributed by atoms with E-state index in [2.05, 4.69) is 28.7 Å². The minimum atomic E-state index is -1.18. The number of aliphatic hydroxyl groups is 2. The summed E-state index contributed by atoms with van der Waals surface area (Å²) < 4.78 is 7.47. The van der Waals surface area contributed by atoms with Gasteiger partial charge in [-0.25, -0.2) is 0 Å². The Morgan fingerprint density at radius 2 is 1.89 bits per heavy atom. The maximum atomic E-state index is 13.0. The summed E-state index contributed by atoms with van der Waals surface area (Å²) in [4.78, 5) is 25.4. The van der Waals surface area contributed by atoms with E-state index in [0.29, 0.717) is 6.42 Å². The molecule has 2 N–H and O–H groups in total. The fourth-order valence-corrected chi connectivity index (χ4v) is 3.88. The highest BCUT2D eigenvalue weighted by Gasteiger charge is 2.42. The zero-order valence-electron chi connectivity index (χ0n) is 17.7. The molecule has 0 spiro atoms. The summed E-state index contributed by atoms with van der Waals surface area (Å²) in [6, 6.07) is 0. The Balaban J connectivity index is 3.10. The molecule has 0 aromatic carbocycles. The van der Waals surface area contributed by atoms with E-state index in [0.717, 1.165) is 24.8 Å². The van der Waals surface area contributed by atoms with Crippen LogP contribution < -0.4 is 0 Å². The molecule has 28 heavy (non-hydrogen) atoms. The third kappa shape index (κ3) is 6.95. The van der Waals surface area contributed by atoms with Gasteiger partial charge in [-0.1, -0.05) is 62.4 Å². The molecule has 1 aliphatic rings. The van der Waals surface area contributed by atoms with Crippen LogP contribution in [0.2, 0.25) is 0 Å². The van der Waals surface area contributed by atoms with E-state index >= 15 is 0 Å². The maximum Gasteiger partial charge on any atom is 0.309 e. The average molecular weight is 506 g/mol. The molecule has 0 radical (unpaired) electrons. The minimum absolute atomic E-state index is 0.0184. The van der Waals surface area contributed by atoms with Crippen LogP contribution >= 0.6 is 22.6 Å². The van der Waals surface area contributed by atoms with E-state index in [1.54, 1.807) is 20.8 Å². The van der Waals surface area contributed by atoms with Crippen molar-refractivity contribution in [2.45, 2.75) is 85.0 Å². The van der Waals surface area contributed by atoms with Crippen LogP contribution in [-0.4, -0.2) is 40.3 Å². The van der Waals surface area contributed by atoms with E-state index < -0.39 is 29.5 Å². The van der Waals surface area contributed by atoms with Gasteiger partial charge in [0.15, 0.2) is 0 Å². The molecule has 1 rings (SSSR count). The molecule has 0 saturated heterocycles. The van der Waals surface area contributed by atoms with Gasteiger partial charge in [0, 0.05) is 12.3 Å². The minimum Gasteiger partial charge on any atom is -0.457 e. The van der Waals surface area contributed by atoms with Crippen LogP contribution in [0.4, 0.5) is 0 Å². The molecule has 0 saturated carbocycles. The van der Waals surface area contributed by atoms with Crippen LogP contribution in [0.25, 0.3) is 0 Å². The number of halogens is 1. The van der Waals surface area contributed by atoms with Gasteiger partial charge in [0.05, 0.1) is 24.0 Å². The van der Waals surface area contributed by atoms with Crippen LogP contribution in [0.1, 0.15) is 66.7 Å². The molecular weight excluding hydrogens is 471 g/mol. The summed E-state index contributed by atoms with van der Waals surface area (Å²) in [5, 5.41) is 21.2. The highest BCUT2D eigenvalue weighted by molar-refractivity contribution is 14.1. The van der Waals surface area contributed by atoms with E-state index in [1.165, 1.54) is 0 Å². The van der Waals surface area contributed by atoms with E-state index in [1.807, 2.05) is 24.0 Å². The molecule has 0 fully saturated rings. The Hall–Kier alpha value is -0.730. The van der Waals surface area contributed by atoms with Crippen LogP contribution in [0.5, 0.6) is 0 Å². The molecule has 6 heteroatoms. The fourth-order valence-electron chi connectivity index (χ4n) is 3.48. The number of cyclic esters (lactones) is 1. The number of Topliss-reactive ketones (excluding diaryl/α,β-unsaturated/α-hetero) is 1. The first-order chi connectivity index (χ1) is 13.0. The summed E-state index contributed by atoms with van der Waals surface area (Å²) in [6.07, 6.45) is 4.67. The Labute approximate surface area is 182 Å². The molecule has 1 heterocycles. The number of carbonyl (C=O) groups is 2. The summed E-state index contributed by atoms with van der Waals surface area (Å²) in [6.45, 7) is 8.81. The highest BCUT2D eigenvalue weighted by atomic mass is 127. The van der Waals surface area contributed by atoms with E-state index in [9.17, 15) is 19.8 Å². The van der Waals surface area contributed by atoms with E-state index in [4.69, 9.17) is 4.74 Å². The normalized spacial score (nSPS) is 35.3. The van der Waals surface area contributed by atoms with Gasteiger partial charge in [-0.2, -0.15) is 0 Å². The number of esters is 1. The van der Waals surface area contributed by atoms with Crippen molar-refractivity contribution in [3.63, 3.8) is 0 Å². The quantitative estimate of drug-likeness (QED) is 0.314. The van der Waals surface area contributed by atoms with Gasteiger partial charge >= 0.3 is 5.97 Å². The first-order valence-corrected chi connectivity index (χ1v) is 11.3. The maximum absolute atomic E-state index is 13.0. The lowest BCUT2D eigenvalue weighted by atomic mass is 9.73. The number of hydrogen-bond donors (Lipinski definition) is 2. The number of ketones is 1. The Bertz CT molecular complexity index is 596. The molecule has 160 valence electrons. The van der Waals surface area contributed by atoms with Crippen LogP contribution in [0, 0.1) is 17.3 Å². The molecule has 1 aliphatic heterocycles. The van der Waals surface area contributed by atoms with Gasteiger partial charge in [0.1, 0.15) is 11.9 Å². The molecule has 0 bridgehead atoms. The van der Waals surface area contributed by atoms with Gasteiger partial charge in [-0.15, -0.1) is 0 Å². The van der Waals surface area contributed by atoms with Gasteiger partial charge in [-0.05, 0) is 41.8 Å². The lowest BCUT2D eigenvalue weighted by Gasteiger charge is -2.34. The van der Waals surface area contributed by atoms with Crippen molar-refractivity contribution in [3.8, 4) is 0 Å². The third-order valence-electron chi connectivity index (χ3n) is 5.84. The summed E-state index contributed by atoms with van der Waals surface area (Å²) >= 11 is 2.12. The number of hydrogen-bond acceptors (Lipinski definition) is 5. The molecule has 0 aliphatic carbocycles. The van der Waals surface area contributed by atoms with Gasteiger partial charge in [-0.3, -0.25) is 9.59 Å². The zero-order valence-corrected chi connectivity index (χ0v) is 19.8. The lowest BCUT2D eigenvalue weighted by molar-refractivity contribution is -0.154. The number of carbonyl (C=O) groups excluding carboxylic acids is 2. The van der Waals surface area contributed by atoms with Crippen LogP contribution in [0.3, 0.4) is 0 Å². The van der Waals surface area contributed by atoms with Crippen LogP contribution in [-0.2, 0) is 14.3 Å². The fraction of sp³-hybridized carbons (Fsp3) is 0.727. The first-order valence-electron chi connectivity index (χ1n) is 10.0. The largest absolute Gasteiger partial charge is 0.457 e. The Morgan fingerprint density at radius 3 is 2.50 bits per heavy atom. The van der Waals surface area contributed by atoms with E-state index in [-0.39, 0.29) is 24.2 Å². The number of aliphatic hydroxyl groups excluding tert-OH is 2. The monoisotopic (exact) mass is 506 g/mol. The number of ether oxygens (including phenoxy) is 1. The molecular formula is C22H35IO5. The summed E-state index contributed by atoms with van der Waals surface area (Å²) in [5.41, 5.74) is -0.213. The average Bonchev–Trinajstić information content (AvgIpc) is 2.65. The predicted molar refractivity (Wildman–Crippen MR) is 119 cm³/mol. The molecule has 0 aromatic rings. The van der Waals surface area contributed by atoms with Crippen molar-refractivity contribution in [3.05, 3.63) is 21.8 Å². The smallest absolute Gasteiger partial charge is 0.309 e. The second-order valence-corrected chi connectivity index (χ2v) is 9.15. The van der Waals surface area contributed by atoms with Gasteiger partial charge in [0.2, 0.25) is 0 Å². The molecule has 5 atom stereocenters. The van der Waals surface area contributed by atoms with Crippen molar-refractivity contribution < 1.29 is 24.5 Å². The second-order valence-electron chi connectivity index (χ2n) is 8.53. The number of allylic oxidation sites excluding steroid dienone is 1. The van der Waals surface area contributed by atoms with Gasteiger partial charge in [0.25, 0.3) is 0 Å². The molecule has 5 nitrogen and oxygen atoms in total. The lowest BCUT2D eigenvalue weighted by Crippen LogP contribution is -2.45. The summed E-state index contributed by atoms with van der Waals surface area (Å²) in [7, 11) is 0. The Morgan fingerprint density at radius 1 is 1.25 bits per heavy atom. The predicted octanol–water partition coefficient (Wildman–Crippen LogP) is 4.35. The highest BCUT2D eigenvalue weighted by Crippen LogP contribution is 2.32. The Kier molecular flexibility index (Phi) is 10.4. The molecule has 0 unspecified atom stereocenters. The van der Waals surface area contributed by atoms with Crippen molar-refractivity contribution in [2.24, 2.45) is 17.3 Å². The summed E-state index contributed by atoms with van der Waals surface area (Å²) in [5.74, 6) is -1.40. The van der Waals surface area contributed by atoms with Crippen molar-refractivity contribution in [1.82, 2.24) is 0 Å². The number of rotatable bonds is 1. The first kappa shape index (κ1) is 25.3. The second kappa shape index (κ2) is 11.5. The van der Waals surface area contributed by atoms with Crippen LogP contribution in [0.15, 0.2) is 21.8 Å². The molecule has 0 aromatic heterocycles. The van der Waals surface area contributed by atoms with Crippen molar-refractivity contribution >= 4 is 34.3 Å².